The molecule has 1 fully saturated rings. The molecule has 1 saturated carbocycles. The summed E-state index contributed by atoms with van der Waals surface area (Å²) in [5.74, 6) is -0.259. The summed E-state index contributed by atoms with van der Waals surface area (Å²) in [6.07, 6.45) is 6.09. The third-order valence-corrected chi connectivity index (χ3v) is 8.22. The molecule has 7 nitrogen and oxygen atoms in total. The number of allylic oxidation sites excluding steroid dienone is 1. The number of aryl methyl sites for hydroxylation is 1. The second-order valence-corrected chi connectivity index (χ2v) is 10.7. The highest BCUT2D eigenvalue weighted by atomic mass is 35.5. The van der Waals surface area contributed by atoms with E-state index >= 15 is 4.39 Å². The largest absolute Gasteiger partial charge is 0.417 e. The maximum absolute atomic E-state index is 16.0. The van der Waals surface area contributed by atoms with Gasteiger partial charge in [0.2, 0.25) is 11.2 Å². The highest BCUT2D eigenvalue weighted by Crippen LogP contribution is 2.41. The number of nitrogens with zero attached hydrogens (tertiary/aromatic N) is 4. The van der Waals surface area contributed by atoms with Gasteiger partial charge in [0.25, 0.3) is 11.8 Å². The minimum Gasteiger partial charge on any atom is -0.417 e. The number of hydrogen-bond acceptors (Lipinski definition) is 6. The van der Waals surface area contributed by atoms with Gasteiger partial charge in [-0.15, -0.1) is 0 Å². The molecule has 1 N–H and O–H groups in total. The lowest BCUT2D eigenvalue weighted by molar-refractivity contribution is -0.117. The molecular weight excluding hydrogens is 481 g/mol. The molecule has 0 saturated heterocycles. The Bertz CT molecular complexity index is 1350. The molecule has 0 bridgehead atoms. The van der Waals surface area contributed by atoms with Gasteiger partial charge in [-0.05, 0) is 73.8 Å². The molecule has 188 valence electrons. The molecule has 2 aromatic rings. The first kappa shape index (κ1) is 23.6. The molecule has 4 aliphatic rings. The Morgan fingerprint density at radius 1 is 1.17 bits per heavy atom. The van der Waals surface area contributed by atoms with E-state index in [2.05, 4.69) is 32.1 Å². The molecule has 36 heavy (non-hydrogen) atoms. The topological polar surface area (TPSA) is 80.2 Å². The molecule has 4 heterocycles. The molecule has 6 rings (SSSR count). The van der Waals surface area contributed by atoms with Gasteiger partial charge in [-0.2, -0.15) is 4.98 Å². The van der Waals surface area contributed by atoms with Crippen molar-refractivity contribution < 1.29 is 13.9 Å². The average molecular weight is 510 g/mol. The van der Waals surface area contributed by atoms with Crippen LogP contribution in [-0.4, -0.2) is 44.9 Å². The summed E-state index contributed by atoms with van der Waals surface area (Å²) in [7, 11) is 0. The summed E-state index contributed by atoms with van der Waals surface area (Å²) < 4.78 is 22.1. The van der Waals surface area contributed by atoms with Crippen molar-refractivity contribution in [2.75, 3.05) is 13.1 Å². The van der Waals surface area contributed by atoms with E-state index in [1.807, 2.05) is 13.8 Å². The fourth-order valence-electron chi connectivity index (χ4n) is 5.67. The zero-order valence-corrected chi connectivity index (χ0v) is 21.5. The molecule has 2 aromatic heterocycles. The van der Waals surface area contributed by atoms with E-state index in [0.29, 0.717) is 43.1 Å². The molecule has 9 heteroatoms. The summed E-state index contributed by atoms with van der Waals surface area (Å²) >= 11 is 6.20. The maximum Gasteiger partial charge on any atom is 0.258 e. The maximum atomic E-state index is 16.0. The predicted molar refractivity (Wildman–Crippen MR) is 134 cm³/mol. The van der Waals surface area contributed by atoms with Gasteiger partial charge in [-0.25, -0.2) is 14.4 Å². The molecular formula is C27H29ClFN5O2. The minimum atomic E-state index is -0.539. The van der Waals surface area contributed by atoms with E-state index in [9.17, 15) is 4.79 Å². The van der Waals surface area contributed by atoms with Crippen LogP contribution >= 0.6 is 11.6 Å². The van der Waals surface area contributed by atoms with Gasteiger partial charge in [-0.1, -0.05) is 12.5 Å². The number of fused-ring (bicyclic) bond motifs is 2. The summed E-state index contributed by atoms with van der Waals surface area (Å²) in [6.45, 7) is 8.17. The Morgan fingerprint density at radius 2 is 1.97 bits per heavy atom. The number of pyridine rings is 1. The molecule has 0 radical (unpaired) electrons. The van der Waals surface area contributed by atoms with E-state index in [4.69, 9.17) is 16.3 Å². The van der Waals surface area contributed by atoms with Crippen LogP contribution in [0.4, 0.5) is 4.39 Å². The molecule has 1 atom stereocenters. The third-order valence-electron chi connectivity index (χ3n) is 8.05. The normalized spacial score (nSPS) is 22.4. The highest BCUT2D eigenvalue weighted by molar-refractivity contribution is 6.28. The minimum absolute atomic E-state index is 0.0835. The van der Waals surface area contributed by atoms with E-state index in [1.54, 1.807) is 6.20 Å². The first-order valence-electron chi connectivity index (χ1n) is 12.7. The summed E-state index contributed by atoms with van der Waals surface area (Å²) in [4.78, 5) is 28.2. The van der Waals surface area contributed by atoms with Crippen molar-refractivity contribution >= 4 is 23.1 Å². The van der Waals surface area contributed by atoms with Crippen molar-refractivity contribution in [3.63, 3.8) is 0 Å². The Labute approximate surface area is 214 Å². The van der Waals surface area contributed by atoms with Gasteiger partial charge >= 0.3 is 0 Å². The lowest BCUT2D eigenvalue weighted by Gasteiger charge is -2.30. The number of carbonyl (C=O) groups is 1. The quantitative estimate of drug-likeness (QED) is 0.597. The SMILES string of the molecule is CC1=C(C2=C(C)C(C)CNC2=O)CCc2cnc(Oc3nc(Cl)nc4c3CN(C3CC3)CC4)c(F)c21. The Hall–Kier alpha value is -2.84. The van der Waals surface area contributed by atoms with Gasteiger partial charge < -0.3 is 10.1 Å². The number of ether oxygens (including phenoxy) is 1. The first-order chi connectivity index (χ1) is 17.3. The van der Waals surface area contributed by atoms with E-state index in [-0.39, 0.29) is 28.9 Å². The Morgan fingerprint density at radius 3 is 2.75 bits per heavy atom. The molecule has 1 unspecified atom stereocenters. The summed E-state index contributed by atoms with van der Waals surface area (Å²) in [5, 5.41) is 3.05. The summed E-state index contributed by atoms with van der Waals surface area (Å²) in [5.41, 5.74) is 6.34. The number of rotatable bonds is 4. The van der Waals surface area contributed by atoms with Gasteiger partial charge in [0.1, 0.15) is 0 Å². The van der Waals surface area contributed by atoms with Crippen molar-refractivity contribution in [3.05, 3.63) is 56.4 Å². The zero-order valence-electron chi connectivity index (χ0n) is 20.8. The van der Waals surface area contributed by atoms with Crippen LogP contribution in [0.5, 0.6) is 11.8 Å². The monoisotopic (exact) mass is 509 g/mol. The molecule has 0 spiro atoms. The van der Waals surface area contributed by atoms with Gasteiger partial charge in [0, 0.05) is 49.4 Å². The van der Waals surface area contributed by atoms with Crippen LogP contribution in [0.1, 0.15) is 62.4 Å². The second-order valence-electron chi connectivity index (χ2n) is 10.3. The van der Waals surface area contributed by atoms with E-state index < -0.39 is 5.82 Å². The number of carbonyl (C=O) groups excluding carboxylic acids is 1. The zero-order chi connectivity index (χ0) is 25.1. The molecule has 2 aliphatic carbocycles. The van der Waals surface area contributed by atoms with E-state index in [1.165, 1.54) is 12.8 Å². The number of halogens is 2. The van der Waals surface area contributed by atoms with E-state index in [0.717, 1.165) is 46.5 Å². The fourth-order valence-corrected chi connectivity index (χ4v) is 5.85. The first-order valence-corrected chi connectivity index (χ1v) is 13.0. The lowest BCUT2D eigenvalue weighted by atomic mass is 9.79. The van der Waals surface area contributed by atoms with Crippen LogP contribution in [0.25, 0.3) is 5.57 Å². The average Bonchev–Trinajstić information content (AvgIpc) is 3.70. The number of aromatic nitrogens is 3. The molecule has 2 aliphatic heterocycles. The fraction of sp³-hybridized carbons (Fsp3) is 0.481. The van der Waals surface area contributed by atoms with Crippen LogP contribution in [-0.2, 0) is 24.2 Å². The van der Waals surface area contributed by atoms with Crippen molar-refractivity contribution in [2.24, 2.45) is 5.92 Å². The number of hydrogen-bond donors (Lipinski definition) is 1. The van der Waals surface area contributed by atoms with Crippen LogP contribution < -0.4 is 10.1 Å². The third kappa shape index (κ3) is 4.00. The smallest absolute Gasteiger partial charge is 0.258 e. The van der Waals surface area contributed by atoms with Crippen molar-refractivity contribution in [1.82, 2.24) is 25.2 Å². The Balaban J connectivity index is 1.39. The van der Waals surface area contributed by atoms with Crippen molar-refractivity contribution in [1.29, 1.82) is 0 Å². The van der Waals surface area contributed by atoms with Crippen molar-refractivity contribution in [2.45, 2.75) is 65.5 Å². The Kier molecular flexibility index (Phi) is 5.84. The lowest BCUT2D eigenvalue weighted by Crippen LogP contribution is -2.37. The van der Waals surface area contributed by atoms with Crippen LogP contribution in [0, 0.1) is 11.7 Å². The summed E-state index contributed by atoms with van der Waals surface area (Å²) in [6, 6.07) is 0.587. The van der Waals surface area contributed by atoms with Crippen LogP contribution in [0.3, 0.4) is 0 Å². The standard InChI is InChI=1S/C27H29ClFN5O2/c1-13-10-30-24(35)22(14(13)2)18-7-4-16-11-31-26(23(29)21(16)15(18)3)36-25-19-12-34(17-5-6-17)9-8-20(19)32-27(28)33-25/h11,13,17H,4-10,12H2,1-3H3,(H,30,35). The number of nitrogens with one attached hydrogen (secondary N) is 1. The number of amides is 1. The van der Waals surface area contributed by atoms with Gasteiger partial charge in [-0.3, -0.25) is 9.69 Å². The van der Waals surface area contributed by atoms with Crippen molar-refractivity contribution in [3.8, 4) is 11.8 Å². The van der Waals surface area contributed by atoms with Crippen LogP contribution in [0.15, 0.2) is 22.9 Å². The molecule has 1 amide bonds. The molecule has 0 aromatic carbocycles. The second kappa shape index (κ2) is 8.92. The predicted octanol–water partition coefficient (Wildman–Crippen LogP) is 4.78. The highest BCUT2D eigenvalue weighted by Gasteiger charge is 2.35. The van der Waals surface area contributed by atoms with Gasteiger partial charge in [0.15, 0.2) is 5.82 Å². The van der Waals surface area contributed by atoms with Gasteiger partial charge in [0.05, 0.1) is 11.3 Å². The van der Waals surface area contributed by atoms with Crippen LogP contribution in [0.2, 0.25) is 5.28 Å².